The Morgan fingerprint density at radius 3 is 2.85 bits per heavy atom. The molecule has 0 saturated carbocycles. The highest BCUT2D eigenvalue weighted by atomic mass is 16.5. The van der Waals surface area contributed by atoms with Crippen LogP contribution in [0, 0.1) is 5.92 Å². The van der Waals surface area contributed by atoms with Gasteiger partial charge in [0.25, 0.3) is 0 Å². The maximum absolute atomic E-state index is 11.9. The molecule has 20 heavy (non-hydrogen) atoms. The Kier molecular flexibility index (Phi) is 4.42. The molecule has 0 aromatic carbocycles. The molecule has 2 rings (SSSR count). The number of likely N-dealkylation sites (tertiary alicyclic amines) is 1. The molecule has 0 spiro atoms. The van der Waals surface area contributed by atoms with E-state index in [0.29, 0.717) is 12.4 Å². The van der Waals surface area contributed by atoms with Gasteiger partial charge in [-0.1, -0.05) is 13.8 Å². The molecule has 1 amide bonds. The van der Waals surface area contributed by atoms with Gasteiger partial charge in [0.15, 0.2) is 5.82 Å². The van der Waals surface area contributed by atoms with E-state index in [4.69, 9.17) is 4.74 Å². The number of nitrogens with zero attached hydrogens (tertiary/aromatic N) is 4. The Bertz CT molecular complexity index is 476. The van der Waals surface area contributed by atoms with Crippen molar-refractivity contribution in [3.8, 4) is 5.88 Å². The Labute approximate surface area is 119 Å². The maximum Gasteiger partial charge on any atom is 0.234 e. The molecule has 0 bridgehead atoms. The summed E-state index contributed by atoms with van der Waals surface area (Å²) in [5.74, 6) is 1.49. The van der Waals surface area contributed by atoms with Gasteiger partial charge in [-0.15, -0.1) is 0 Å². The average molecular weight is 278 g/mol. The minimum Gasteiger partial charge on any atom is -0.471 e. The number of ether oxygens (including phenoxy) is 1. The van der Waals surface area contributed by atoms with Crippen LogP contribution in [0.3, 0.4) is 0 Å². The predicted octanol–water partition coefficient (Wildman–Crippen LogP) is 1.18. The van der Waals surface area contributed by atoms with Crippen LogP contribution in [0.15, 0.2) is 12.4 Å². The average Bonchev–Trinajstić information content (AvgIpc) is 2.86. The van der Waals surface area contributed by atoms with E-state index in [9.17, 15) is 4.79 Å². The Balaban J connectivity index is 1.95. The topological polar surface area (TPSA) is 58.6 Å². The quantitative estimate of drug-likeness (QED) is 0.827. The summed E-state index contributed by atoms with van der Waals surface area (Å²) >= 11 is 0. The summed E-state index contributed by atoms with van der Waals surface area (Å²) in [7, 11) is 3.82. The molecule has 1 saturated heterocycles. The van der Waals surface area contributed by atoms with Gasteiger partial charge in [0, 0.05) is 33.0 Å². The van der Waals surface area contributed by atoms with Crippen molar-refractivity contribution >= 4 is 11.7 Å². The SMILES string of the molecule is CC(C)C(=O)N1CCC(Oc2cncc(N(C)C)n2)C1. The van der Waals surface area contributed by atoms with Crippen molar-refractivity contribution in [2.24, 2.45) is 5.92 Å². The first kappa shape index (κ1) is 14.6. The summed E-state index contributed by atoms with van der Waals surface area (Å²) in [6.45, 7) is 5.22. The second-order valence-corrected chi connectivity index (χ2v) is 5.58. The van der Waals surface area contributed by atoms with E-state index in [1.54, 1.807) is 12.4 Å². The third kappa shape index (κ3) is 3.37. The zero-order chi connectivity index (χ0) is 14.7. The van der Waals surface area contributed by atoms with E-state index in [1.165, 1.54) is 0 Å². The van der Waals surface area contributed by atoms with Gasteiger partial charge in [0.2, 0.25) is 11.8 Å². The second kappa shape index (κ2) is 6.07. The van der Waals surface area contributed by atoms with Crippen LogP contribution in [0.1, 0.15) is 20.3 Å². The molecule has 0 aliphatic carbocycles. The highest BCUT2D eigenvalue weighted by Gasteiger charge is 2.29. The van der Waals surface area contributed by atoms with E-state index in [2.05, 4.69) is 9.97 Å². The van der Waals surface area contributed by atoms with Crippen LogP contribution >= 0.6 is 0 Å². The monoisotopic (exact) mass is 278 g/mol. The molecule has 6 nitrogen and oxygen atoms in total. The van der Waals surface area contributed by atoms with Crippen molar-refractivity contribution in [2.45, 2.75) is 26.4 Å². The summed E-state index contributed by atoms with van der Waals surface area (Å²) in [5.41, 5.74) is 0. The minimum atomic E-state index is 0.00409. The summed E-state index contributed by atoms with van der Waals surface area (Å²) in [6, 6.07) is 0. The standard InChI is InChI=1S/C14H22N4O2/c1-10(2)14(19)18-6-5-11(9-18)20-13-8-15-7-12(16-13)17(3)4/h7-8,10-11H,5-6,9H2,1-4H3. The largest absolute Gasteiger partial charge is 0.471 e. The molecular weight excluding hydrogens is 256 g/mol. The molecule has 1 atom stereocenters. The molecule has 1 aliphatic heterocycles. The first-order valence-corrected chi connectivity index (χ1v) is 6.92. The minimum absolute atomic E-state index is 0.00409. The summed E-state index contributed by atoms with van der Waals surface area (Å²) < 4.78 is 5.83. The molecule has 0 radical (unpaired) electrons. The van der Waals surface area contributed by atoms with Crippen LogP contribution in [-0.2, 0) is 4.79 Å². The van der Waals surface area contributed by atoms with Crippen LogP contribution in [0.25, 0.3) is 0 Å². The molecule has 1 aromatic heterocycles. The van der Waals surface area contributed by atoms with Crippen LogP contribution in [0.4, 0.5) is 5.82 Å². The molecule has 1 aromatic rings. The van der Waals surface area contributed by atoms with Gasteiger partial charge in [0.1, 0.15) is 6.10 Å². The van der Waals surface area contributed by atoms with Crippen molar-refractivity contribution in [3.05, 3.63) is 12.4 Å². The van der Waals surface area contributed by atoms with E-state index in [-0.39, 0.29) is 17.9 Å². The van der Waals surface area contributed by atoms with Crippen molar-refractivity contribution in [1.82, 2.24) is 14.9 Å². The lowest BCUT2D eigenvalue weighted by molar-refractivity contribution is -0.133. The van der Waals surface area contributed by atoms with Crippen molar-refractivity contribution in [3.63, 3.8) is 0 Å². The fourth-order valence-corrected chi connectivity index (χ4v) is 2.17. The smallest absolute Gasteiger partial charge is 0.234 e. The summed E-state index contributed by atoms with van der Waals surface area (Å²) in [5, 5.41) is 0. The lowest BCUT2D eigenvalue weighted by Gasteiger charge is -2.19. The van der Waals surface area contributed by atoms with Gasteiger partial charge < -0.3 is 14.5 Å². The normalized spacial score (nSPS) is 18.4. The number of anilines is 1. The lowest BCUT2D eigenvalue weighted by atomic mass is 10.2. The highest BCUT2D eigenvalue weighted by Crippen LogP contribution is 2.19. The first-order chi connectivity index (χ1) is 9.47. The number of aromatic nitrogens is 2. The number of hydrogen-bond acceptors (Lipinski definition) is 5. The number of rotatable bonds is 4. The molecule has 6 heteroatoms. The molecule has 1 aliphatic rings. The van der Waals surface area contributed by atoms with Crippen molar-refractivity contribution in [2.75, 3.05) is 32.1 Å². The fraction of sp³-hybridized carbons (Fsp3) is 0.643. The van der Waals surface area contributed by atoms with Gasteiger partial charge in [0.05, 0.1) is 18.9 Å². The van der Waals surface area contributed by atoms with Crippen LogP contribution in [0.2, 0.25) is 0 Å². The molecule has 2 heterocycles. The number of amides is 1. The maximum atomic E-state index is 11.9. The van der Waals surface area contributed by atoms with Gasteiger partial charge in [-0.05, 0) is 0 Å². The van der Waals surface area contributed by atoms with Crippen LogP contribution in [0.5, 0.6) is 5.88 Å². The number of hydrogen-bond donors (Lipinski definition) is 0. The fourth-order valence-electron chi connectivity index (χ4n) is 2.17. The molecule has 1 unspecified atom stereocenters. The molecule has 0 N–H and O–H groups in total. The van der Waals surface area contributed by atoms with E-state index in [0.717, 1.165) is 18.8 Å². The van der Waals surface area contributed by atoms with Gasteiger partial charge in [-0.25, -0.2) is 0 Å². The zero-order valence-corrected chi connectivity index (χ0v) is 12.5. The van der Waals surface area contributed by atoms with Crippen molar-refractivity contribution < 1.29 is 9.53 Å². The van der Waals surface area contributed by atoms with E-state index in [1.807, 2.05) is 37.7 Å². The van der Waals surface area contributed by atoms with E-state index < -0.39 is 0 Å². The van der Waals surface area contributed by atoms with E-state index >= 15 is 0 Å². The molecule has 110 valence electrons. The highest BCUT2D eigenvalue weighted by molar-refractivity contribution is 5.78. The van der Waals surface area contributed by atoms with Crippen LogP contribution in [-0.4, -0.2) is 54.1 Å². The zero-order valence-electron chi connectivity index (χ0n) is 12.5. The van der Waals surface area contributed by atoms with Gasteiger partial charge in [-0.3, -0.25) is 9.78 Å². The second-order valence-electron chi connectivity index (χ2n) is 5.58. The molecule has 1 fully saturated rings. The van der Waals surface area contributed by atoms with Gasteiger partial charge >= 0.3 is 0 Å². The van der Waals surface area contributed by atoms with Crippen LogP contribution < -0.4 is 9.64 Å². The first-order valence-electron chi connectivity index (χ1n) is 6.92. The predicted molar refractivity (Wildman–Crippen MR) is 76.8 cm³/mol. The Morgan fingerprint density at radius 1 is 1.45 bits per heavy atom. The summed E-state index contributed by atoms with van der Waals surface area (Å²) in [6.07, 6.45) is 4.15. The lowest BCUT2D eigenvalue weighted by Crippen LogP contribution is -2.33. The number of carbonyl (C=O) groups is 1. The Morgan fingerprint density at radius 2 is 2.20 bits per heavy atom. The Hall–Kier alpha value is -1.85. The third-order valence-corrected chi connectivity index (χ3v) is 3.30. The van der Waals surface area contributed by atoms with Crippen molar-refractivity contribution in [1.29, 1.82) is 0 Å². The summed E-state index contributed by atoms with van der Waals surface area (Å²) in [4.78, 5) is 24.2. The molecular formula is C14H22N4O2. The number of carbonyl (C=O) groups excluding carboxylic acids is 1. The van der Waals surface area contributed by atoms with Gasteiger partial charge in [-0.2, -0.15) is 4.98 Å². The third-order valence-electron chi connectivity index (χ3n) is 3.30.